The van der Waals surface area contributed by atoms with Crippen LogP contribution in [0, 0.1) is 0 Å². The molecule has 0 unspecified atom stereocenters. The summed E-state index contributed by atoms with van der Waals surface area (Å²) in [7, 11) is 0. The number of amides is 1. The molecule has 0 saturated carbocycles. The van der Waals surface area contributed by atoms with E-state index in [-0.39, 0.29) is 0 Å². The molecule has 0 saturated heterocycles. The zero-order valence-electron chi connectivity index (χ0n) is 11.2. The maximum atomic E-state index is 13.2. The highest BCUT2D eigenvalue weighted by Crippen LogP contribution is 2.43. The van der Waals surface area contributed by atoms with Gasteiger partial charge in [-0.15, -0.1) is 13.2 Å². The van der Waals surface area contributed by atoms with Gasteiger partial charge in [0.2, 0.25) is 0 Å². The number of halogens is 10. The highest BCUT2D eigenvalue weighted by Gasteiger charge is 2.69. The summed E-state index contributed by atoms with van der Waals surface area (Å²) in [6.07, 6.45) is -24.0. The number of carbonyl (C=O) groups excluding carboxylic acids is 1. The first kappa shape index (κ1) is 21.4. The van der Waals surface area contributed by atoms with Crippen molar-refractivity contribution in [2.45, 2.75) is 24.7 Å². The number of anilines is 1. The Kier molecular flexibility index (Phi) is 5.96. The Morgan fingerprint density at radius 1 is 0.960 bits per heavy atom. The summed E-state index contributed by atoms with van der Waals surface area (Å²) in [4.78, 5) is 14.5. The first-order valence-electron chi connectivity index (χ1n) is 5.59. The molecule has 0 aromatic carbocycles. The van der Waals surface area contributed by atoms with Crippen LogP contribution in [0.5, 0.6) is 0 Å². The van der Waals surface area contributed by atoms with E-state index in [0.717, 1.165) is 12.3 Å². The SMILES string of the molecule is O=C(Nc1ccc(Br)cn1)C(F)(F)OC(F)(F)C(F)(F)OC(F)(F)F. The molecule has 0 atom stereocenters. The number of ether oxygens (including phenoxy) is 2. The Morgan fingerprint density at radius 3 is 1.92 bits per heavy atom. The van der Waals surface area contributed by atoms with Gasteiger partial charge in [0.05, 0.1) is 0 Å². The molecule has 1 rings (SSSR count). The summed E-state index contributed by atoms with van der Waals surface area (Å²) in [6.45, 7) is 0. The van der Waals surface area contributed by atoms with Gasteiger partial charge < -0.3 is 5.32 Å². The molecule has 25 heavy (non-hydrogen) atoms. The standard InChI is InChI=1S/C10H4BrF9N2O3/c11-4-1-2-5(21-3-4)22-6(23)7(12,13)24-8(14,15)9(16,17)25-10(18,19)20/h1-3H,(H,21,22,23). The van der Waals surface area contributed by atoms with Crippen molar-refractivity contribution in [3.8, 4) is 0 Å². The fourth-order valence-electron chi connectivity index (χ4n) is 1.11. The van der Waals surface area contributed by atoms with Crippen molar-refractivity contribution >= 4 is 27.7 Å². The maximum Gasteiger partial charge on any atom is 0.527 e. The molecular formula is C10H4BrF9N2O3. The molecule has 0 radical (unpaired) electrons. The number of alkyl halides is 9. The second kappa shape index (κ2) is 6.95. The van der Waals surface area contributed by atoms with Crippen LogP contribution in [-0.4, -0.2) is 35.6 Å². The number of nitrogens with one attached hydrogen (secondary N) is 1. The third-order valence-corrected chi connectivity index (χ3v) is 2.54. The molecule has 1 N–H and O–H groups in total. The normalized spacial score (nSPS) is 13.7. The van der Waals surface area contributed by atoms with Crippen LogP contribution in [0.2, 0.25) is 0 Å². The summed E-state index contributed by atoms with van der Waals surface area (Å²) < 4.78 is 117. The van der Waals surface area contributed by atoms with E-state index in [0.29, 0.717) is 4.47 Å². The summed E-state index contributed by atoms with van der Waals surface area (Å²) in [5.41, 5.74) is 0. The van der Waals surface area contributed by atoms with Crippen LogP contribution in [0.3, 0.4) is 0 Å². The van der Waals surface area contributed by atoms with E-state index in [4.69, 9.17) is 0 Å². The van der Waals surface area contributed by atoms with Crippen molar-refractivity contribution in [3.05, 3.63) is 22.8 Å². The summed E-state index contributed by atoms with van der Waals surface area (Å²) in [5.74, 6) is -3.30. The largest absolute Gasteiger partial charge is 0.527 e. The van der Waals surface area contributed by atoms with Crippen molar-refractivity contribution in [2.24, 2.45) is 0 Å². The highest BCUT2D eigenvalue weighted by molar-refractivity contribution is 9.10. The molecule has 1 amide bonds. The van der Waals surface area contributed by atoms with Crippen LogP contribution >= 0.6 is 15.9 Å². The lowest BCUT2D eigenvalue weighted by atomic mass is 10.4. The van der Waals surface area contributed by atoms with E-state index < -0.39 is 36.4 Å². The third-order valence-electron chi connectivity index (χ3n) is 2.07. The molecular weight excluding hydrogens is 447 g/mol. The van der Waals surface area contributed by atoms with E-state index >= 15 is 0 Å². The van der Waals surface area contributed by atoms with E-state index in [1.165, 1.54) is 11.4 Å². The highest BCUT2D eigenvalue weighted by atomic mass is 79.9. The zero-order chi connectivity index (χ0) is 19.7. The molecule has 0 spiro atoms. The molecule has 0 aliphatic heterocycles. The Hall–Kier alpha value is -1.61. The van der Waals surface area contributed by atoms with Gasteiger partial charge in [0.15, 0.2) is 0 Å². The second-order valence-electron chi connectivity index (χ2n) is 4.02. The number of aromatic nitrogens is 1. The maximum absolute atomic E-state index is 13.2. The number of pyridine rings is 1. The van der Waals surface area contributed by atoms with Gasteiger partial charge in [-0.2, -0.15) is 26.3 Å². The van der Waals surface area contributed by atoms with E-state index in [1.807, 2.05) is 0 Å². The van der Waals surface area contributed by atoms with Crippen LogP contribution < -0.4 is 5.32 Å². The summed E-state index contributed by atoms with van der Waals surface area (Å²) in [6, 6.07) is 2.10. The van der Waals surface area contributed by atoms with Gasteiger partial charge in [-0.25, -0.2) is 14.5 Å². The van der Waals surface area contributed by atoms with Gasteiger partial charge in [-0.1, -0.05) is 0 Å². The van der Waals surface area contributed by atoms with Crippen LogP contribution in [0.4, 0.5) is 45.3 Å². The lowest BCUT2D eigenvalue weighted by Gasteiger charge is -2.28. The molecule has 0 aliphatic rings. The first-order chi connectivity index (χ1) is 11.1. The predicted molar refractivity (Wildman–Crippen MR) is 63.6 cm³/mol. The first-order valence-corrected chi connectivity index (χ1v) is 6.38. The fourth-order valence-corrected chi connectivity index (χ4v) is 1.34. The Morgan fingerprint density at radius 2 is 1.48 bits per heavy atom. The Bertz CT molecular complexity index is 621. The van der Waals surface area contributed by atoms with E-state index in [2.05, 4.69) is 25.7 Å². The third kappa shape index (κ3) is 6.00. The minimum absolute atomic E-state index is 0.337. The van der Waals surface area contributed by atoms with Gasteiger partial charge in [0, 0.05) is 10.7 Å². The van der Waals surface area contributed by atoms with Crippen LogP contribution in [0.25, 0.3) is 0 Å². The van der Waals surface area contributed by atoms with Gasteiger partial charge in [-0.05, 0) is 28.1 Å². The summed E-state index contributed by atoms with van der Waals surface area (Å²) in [5, 5.41) is 1.24. The Balaban J connectivity index is 2.89. The molecule has 142 valence electrons. The molecule has 0 fully saturated rings. The van der Waals surface area contributed by atoms with Crippen LogP contribution in [0.1, 0.15) is 0 Å². The molecule has 5 nitrogen and oxygen atoms in total. The smallest absolute Gasteiger partial charge is 0.303 e. The van der Waals surface area contributed by atoms with Crippen LogP contribution in [-0.2, 0) is 14.3 Å². The van der Waals surface area contributed by atoms with E-state index in [9.17, 15) is 44.3 Å². The number of hydrogen-bond donors (Lipinski definition) is 1. The minimum atomic E-state index is -6.54. The van der Waals surface area contributed by atoms with Crippen molar-refractivity contribution in [3.63, 3.8) is 0 Å². The molecule has 1 heterocycles. The molecule has 15 heteroatoms. The van der Waals surface area contributed by atoms with Gasteiger partial charge in [-0.3, -0.25) is 4.79 Å². The number of carbonyl (C=O) groups is 1. The number of nitrogens with zero attached hydrogens (tertiary/aromatic N) is 1. The van der Waals surface area contributed by atoms with Crippen molar-refractivity contribution < 1.29 is 53.8 Å². The Labute approximate surface area is 140 Å². The van der Waals surface area contributed by atoms with Gasteiger partial charge in [0.25, 0.3) is 0 Å². The number of rotatable bonds is 6. The van der Waals surface area contributed by atoms with Gasteiger partial charge in [0.1, 0.15) is 5.82 Å². The molecule has 0 aliphatic carbocycles. The molecule has 1 aromatic rings. The lowest BCUT2D eigenvalue weighted by Crippen LogP contribution is -2.53. The quantitative estimate of drug-likeness (QED) is 0.662. The lowest BCUT2D eigenvalue weighted by molar-refractivity contribution is -0.523. The average molecular weight is 451 g/mol. The fraction of sp³-hybridized carbons (Fsp3) is 0.400. The van der Waals surface area contributed by atoms with Crippen molar-refractivity contribution in [1.82, 2.24) is 4.98 Å². The topological polar surface area (TPSA) is 60.5 Å². The van der Waals surface area contributed by atoms with Crippen molar-refractivity contribution in [2.75, 3.05) is 5.32 Å². The predicted octanol–water partition coefficient (Wildman–Crippen LogP) is 4.11. The second-order valence-corrected chi connectivity index (χ2v) is 4.93. The monoisotopic (exact) mass is 450 g/mol. The zero-order valence-corrected chi connectivity index (χ0v) is 12.8. The van der Waals surface area contributed by atoms with Crippen LogP contribution in [0.15, 0.2) is 22.8 Å². The average Bonchev–Trinajstić information content (AvgIpc) is 2.37. The molecule has 1 aromatic heterocycles. The number of hydrogen-bond acceptors (Lipinski definition) is 4. The van der Waals surface area contributed by atoms with E-state index in [1.54, 1.807) is 4.74 Å². The summed E-state index contributed by atoms with van der Waals surface area (Å²) >= 11 is 2.90. The minimum Gasteiger partial charge on any atom is -0.303 e. The van der Waals surface area contributed by atoms with Crippen molar-refractivity contribution in [1.29, 1.82) is 0 Å². The molecule has 0 bridgehead atoms. The van der Waals surface area contributed by atoms with Gasteiger partial charge >= 0.3 is 30.6 Å².